The van der Waals surface area contributed by atoms with E-state index in [2.05, 4.69) is 38.7 Å². The number of amides is 2. The number of anilines is 4. The van der Waals surface area contributed by atoms with Crippen molar-refractivity contribution in [2.24, 2.45) is 0 Å². The van der Waals surface area contributed by atoms with Gasteiger partial charge >= 0.3 is 6.03 Å². The third kappa shape index (κ3) is 3.54. The summed E-state index contributed by atoms with van der Waals surface area (Å²) in [6.45, 7) is 0.937. The number of carbonyl (C=O) groups excluding carboxylic acids is 1. The Kier molecular flexibility index (Phi) is 4.62. The van der Waals surface area contributed by atoms with Gasteiger partial charge in [-0.05, 0) is 36.4 Å². The van der Waals surface area contributed by atoms with E-state index < -0.39 is 0 Å². The molecule has 29 heavy (non-hydrogen) atoms. The lowest BCUT2D eigenvalue weighted by Gasteiger charge is -2.31. The Morgan fingerprint density at radius 2 is 1.79 bits per heavy atom. The summed E-state index contributed by atoms with van der Waals surface area (Å²) < 4.78 is 0. The summed E-state index contributed by atoms with van der Waals surface area (Å²) in [6.07, 6.45) is 1.81. The molecule has 144 valence electrons. The van der Waals surface area contributed by atoms with Crippen molar-refractivity contribution in [1.29, 1.82) is 0 Å². The summed E-state index contributed by atoms with van der Waals surface area (Å²) in [5.74, 6) is 1.04. The number of hydrogen-bond acceptors (Lipinski definition) is 3. The molecule has 2 heterocycles. The summed E-state index contributed by atoms with van der Waals surface area (Å²) in [7, 11) is 0. The molecule has 3 aromatic carbocycles. The summed E-state index contributed by atoms with van der Waals surface area (Å²) in [5.41, 5.74) is 4.81. The minimum Gasteiger partial charge on any atom is -0.359 e. The molecule has 1 aliphatic rings. The number of urea groups is 1. The molecule has 5 rings (SSSR count). The second-order valence-corrected chi connectivity index (χ2v) is 7.98. The lowest BCUT2D eigenvalue weighted by atomic mass is 10.2. The van der Waals surface area contributed by atoms with Crippen LogP contribution in [0.4, 0.5) is 27.5 Å². The average Bonchev–Trinajstić information content (AvgIpc) is 3.16. The lowest BCUT2D eigenvalue weighted by molar-refractivity contribution is 0.262. The van der Waals surface area contributed by atoms with Crippen molar-refractivity contribution >= 4 is 51.4 Å². The Morgan fingerprint density at radius 3 is 2.69 bits per heavy atom. The van der Waals surface area contributed by atoms with Crippen LogP contribution in [-0.4, -0.2) is 23.3 Å². The first kappa shape index (κ1) is 17.7. The van der Waals surface area contributed by atoms with Gasteiger partial charge in [-0.25, -0.2) is 4.79 Å². The zero-order valence-corrected chi connectivity index (χ0v) is 16.5. The molecule has 0 saturated carbocycles. The molecule has 0 bridgehead atoms. The quantitative estimate of drug-likeness (QED) is 0.392. The molecule has 0 fully saturated rings. The smallest absolute Gasteiger partial charge is 0.323 e. The molecule has 2 amide bonds. The lowest BCUT2D eigenvalue weighted by Crippen LogP contribution is -2.24. The number of rotatable bonds is 3. The number of aromatic nitrogens is 1. The number of fused-ring (bicyclic) bond motifs is 2. The van der Waals surface area contributed by atoms with E-state index in [1.54, 1.807) is 0 Å². The molecule has 0 saturated heterocycles. The van der Waals surface area contributed by atoms with Crippen molar-refractivity contribution in [3.8, 4) is 0 Å². The van der Waals surface area contributed by atoms with E-state index in [-0.39, 0.29) is 6.03 Å². The normalized spacial score (nSPS) is 13.2. The fraction of sp³-hybridized carbons (Fsp3) is 0.0870. The Bertz CT molecular complexity index is 1170. The fourth-order valence-electron chi connectivity index (χ4n) is 3.63. The largest absolute Gasteiger partial charge is 0.359 e. The first-order valence-electron chi connectivity index (χ1n) is 9.51. The molecule has 0 radical (unpaired) electrons. The van der Waals surface area contributed by atoms with Crippen LogP contribution in [0.5, 0.6) is 0 Å². The third-order valence-corrected chi connectivity index (χ3v) is 6.03. The van der Waals surface area contributed by atoms with Gasteiger partial charge < -0.3 is 20.5 Å². The van der Waals surface area contributed by atoms with Gasteiger partial charge in [0.25, 0.3) is 0 Å². The van der Waals surface area contributed by atoms with Crippen molar-refractivity contribution in [3.05, 3.63) is 79.0 Å². The summed E-state index contributed by atoms with van der Waals surface area (Å²) >= 11 is 1.85. The standard InChI is InChI=1S/C23H20N4OS/c28-23(26-20-15-24-19-9-5-4-8-18(19)20)25-16-10-11-22-21(14-16)27(12-13-29-22)17-6-2-1-3-7-17/h1-11,14-15,24H,12-13H2,(H2,25,26,28). The maximum atomic E-state index is 12.6. The number of nitrogens with one attached hydrogen (secondary N) is 3. The van der Waals surface area contributed by atoms with Crippen molar-refractivity contribution in [1.82, 2.24) is 4.98 Å². The van der Waals surface area contributed by atoms with Crippen LogP contribution in [0.3, 0.4) is 0 Å². The predicted molar refractivity (Wildman–Crippen MR) is 122 cm³/mol. The fourth-order valence-corrected chi connectivity index (χ4v) is 4.61. The van der Waals surface area contributed by atoms with Gasteiger partial charge in [-0.1, -0.05) is 36.4 Å². The van der Waals surface area contributed by atoms with E-state index in [0.717, 1.165) is 46.0 Å². The minimum atomic E-state index is -0.260. The number of nitrogens with zero attached hydrogens (tertiary/aromatic N) is 1. The maximum absolute atomic E-state index is 12.6. The highest BCUT2D eigenvalue weighted by molar-refractivity contribution is 7.99. The first-order valence-corrected chi connectivity index (χ1v) is 10.5. The second kappa shape index (κ2) is 7.56. The molecular formula is C23H20N4OS. The number of para-hydroxylation sites is 2. The van der Waals surface area contributed by atoms with E-state index in [4.69, 9.17) is 0 Å². The van der Waals surface area contributed by atoms with E-state index in [0.29, 0.717) is 0 Å². The molecule has 0 unspecified atom stereocenters. The van der Waals surface area contributed by atoms with Crippen LogP contribution in [0.2, 0.25) is 0 Å². The van der Waals surface area contributed by atoms with Crippen molar-refractivity contribution in [3.63, 3.8) is 0 Å². The van der Waals surface area contributed by atoms with Gasteiger partial charge in [-0.3, -0.25) is 0 Å². The number of hydrogen-bond donors (Lipinski definition) is 3. The average molecular weight is 401 g/mol. The number of aromatic amines is 1. The van der Waals surface area contributed by atoms with Crippen LogP contribution in [0, 0.1) is 0 Å². The van der Waals surface area contributed by atoms with Crippen LogP contribution >= 0.6 is 11.8 Å². The molecule has 0 atom stereocenters. The van der Waals surface area contributed by atoms with E-state index in [1.807, 2.05) is 72.6 Å². The van der Waals surface area contributed by atoms with Gasteiger partial charge in [0.2, 0.25) is 0 Å². The Hall–Kier alpha value is -3.38. The topological polar surface area (TPSA) is 60.2 Å². The highest BCUT2D eigenvalue weighted by Crippen LogP contribution is 2.40. The highest BCUT2D eigenvalue weighted by Gasteiger charge is 2.19. The van der Waals surface area contributed by atoms with Crippen molar-refractivity contribution in [2.75, 3.05) is 27.8 Å². The SMILES string of the molecule is O=C(Nc1ccc2c(c1)N(c1ccccc1)CCS2)Nc1c[nH]c2ccccc12. The summed E-state index contributed by atoms with van der Waals surface area (Å²) in [4.78, 5) is 19.3. The molecular weight excluding hydrogens is 380 g/mol. The summed E-state index contributed by atoms with van der Waals surface area (Å²) in [5, 5.41) is 6.89. The minimum absolute atomic E-state index is 0.260. The molecule has 3 N–H and O–H groups in total. The molecule has 0 aliphatic carbocycles. The van der Waals surface area contributed by atoms with Gasteiger partial charge in [0.1, 0.15) is 0 Å². The van der Waals surface area contributed by atoms with Gasteiger partial charge in [-0.15, -0.1) is 11.8 Å². The third-order valence-electron chi connectivity index (χ3n) is 4.99. The Morgan fingerprint density at radius 1 is 0.966 bits per heavy atom. The molecule has 5 nitrogen and oxygen atoms in total. The van der Waals surface area contributed by atoms with Gasteiger partial charge in [0.05, 0.1) is 11.4 Å². The van der Waals surface area contributed by atoms with Crippen LogP contribution in [0.15, 0.2) is 83.9 Å². The number of thioether (sulfide) groups is 1. The predicted octanol–water partition coefficient (Wildman–Crippen LogP) is 6.06. The van der Waals surface area contributed by atoms with Crippen molar-refractivity contribution < 1.29 is 4.79 Å². The van der Waals surface area contributed by atoms with Gasteiger partial charge in [-0.2, -0.15) is 0 Å². The van der Waals surface area contributed by atoms with E-state index in [1.165, 1.54) is 4.90 Å². The van der Waals surface area contributed by atoms with Gasteiger partial charge in [0.15, 0.2) is 0 Å². The number of H-pyrrole nitrogens is 1. The monoisotopic (exact) mass is 400 g/mol. The molecule has 6 heteroatoms. The highest BCUT2D eigenvalue weighted by atomic mass is 32.2. The maximum Gasteiger partial charge on any atom is 0.323 e. The molecule has 0 spiro atoms. The van der Waals surface area contributed by atoms with Crippen LogP contribution in [0.25, 0.3) is 10.9 Å². The molecule has 4 aromatic rings. The number of carbonyl (C=O) groups is 1. The van der Waals surface area contributed by atoms with E-state index in [9.17, 15) is 4.79 Å². The Balaban J connectivity index is 1.37. The Labute approximate surface area is 173 Å². The zero-order chi connectivity index (χ0) is 19.6. The van der Waals surface area contributed by atoms with Crippen molar-refractivity contribution in [2.45, 2.75) is 4.90 Å². The van der Waals surface area contributed by atoms with E-state index >= 15 is 0 Å². The van der Waals surface area contributed by atoms with Gasteiger partial charge in [0, 0.05) is 45.7 Å². The summed E-state index contributed by atoms with van der Waals surface area (Å²) in [6, 6.07) is 24.1. The van der Waals surface area contributed by atoms with Crippen LogP contribution in [0.1, 0.15) is 0 Å². The van der Waals surface area contributed by atoms with Crippen LogP contribution in [-0.2, 0) is 0 Å². The first-order chi connectivity index (χ1) is 14.3. The van der Waals surface area contributed by atoms with Crippen LogP contribution < -0.4 is 15.5 Å². The zero-order valence-electron chi connectivity index (χ0n) is 15.7. The second-order valence-electron chi connectivity index (χ2n) is 6.85. The number of benzene rings is 3. The molecule has 1 aromatic heterocycles. The molecule has 1 aliphatic heterocycles.